The third-order valence-corrected chi connectivity index (χ3v) is 3.95. The number of H-pyrrole nitrogens is 1. The Morgan fingerprint density at radius 3 is 2.90 bits per heavy atom. The van der Waals surface area contributed by atoms with Gasteiger partial charge in [-0.15, -0.1) is 0 Å². The smallest absolute Gasteiger partial charge is 0.0695 e. The minimum atomic E-state index is 0.551. The number of aromatic nitrogens is 2. The summed E-state index contributed by atoms with van der Waals surface area (Å²) in [7, 11) is 0. The normalized spacial score (nSPS) is 20.2. The number of hydrogen-bond donors (Lipinski definition) is 2. The number of aromatic amines is 1. The van der Waals surface area contributed by atoms with Crippen LogP contribution in [0.1, 0.15) is 12.5 Å². The lowest BCUT2D eigenvalue weighted by atomic mass is 10.1. The molecule has 4 nitrogen and oxygen atoms in total. The maximum atomic E-state index is 5.94. The lowest BCUT2D eigenvalue weighted by molar-refractivity contribution is 0.200. The van der Waals surface area contributed by atoms with Gasteiger partial charge in [-0.3, -0.25) is 10.00 Å². The fourth-order valence-corrected chi connectivity index (χ4v) is 2.82. The van der Waals surface area contributed by atoms with Crippen LogP contribution in [0, 0.1) is 0 Å². The highest BCUT2D eigenvalue weighted by atomic mass is 35.5. The molecule has 0 unspecified atom stereocenters. The van der Waals surface area contributed by atoms with Crippen molar-refractivity contribution in [2.75, 3.05) is 19.6 Å². The van der Waals surface area contributed by atoms with Crippen LogP contribution in [-0.2, 0) is 6.54 Å². The van der Waals surface area contributed by atoms with E-state index in [0.29, 0.717) is 6.04 Å². The molecule has 5 heteroatoms. The van der Waals surface area contributed by atoms with Gasteiger partial charge in [0.1, 0.15) is 0 Å². The molecule has 1 aliphatic rings. The monoisotopic (exact) mass is 290 g/mol. The molecule has 1 atom stereocenters. The van der Waals surface area contributed by atoms with Crippen molar-refractivity contribution in [2.24, 2.45) is 0 Å². The first-order chi connectivity index (χ1) is 9.72. The molecule has 0 spiro atoms. The van der Waals surface area contributed by atoms with Crippen LogP contribution >= 0.6 is 11.6 Å². The fraction of sp³-hybridized carbons (Fsp3) is 0.400. The summed E-state index contributed by atoms with van der Waals surface area (Å²) < 4.78 is 0. The van der Waals surface area contributed by atoms with Gasteiger partial charge in [-0.25, -0.2) is 0 Å². The summed E-state index contributed by atoms with van der Waals surface area (Å²) in [6.07, 6.45) is 1.93. The van der Waals surface area contributed by atoms with E-state index in [1.807, 2.05) is 30.5 Å². The summed E-state index contributed by atoms with van der Waals surface area (Å²) in [6.45, 7) is 6.36. The highest BCUT2D eigenvalue weighted by molar-refractivity contribution is 6.30. The summed E-state index contributed by atoms with van der Waals surface area (Å²) in [6, 6.07) is 8.43. The highest BCUT2D eigenvalue weighted by Gasteiger charge is 2.18. The summed E-state index contributed by atoms with van der Waals surface area (Å²) in [4.78, 5) is 2.46. The molecule has 0 aliphatic carbocycles. The summed E-state index contributed by atoms with van der Waals surface area (Å²) in [5.41, 5.74) is 3.46. The van der Waals surface area contributed by atoms with Gasteiger partial charge < -0.3 is 5.32 Å². The zero-order valence-electron chi connectivity index (χ0n) is 11.6. The Morgan fingerprint density at radius 1 is 1.35 bits per heavy atom. The largest absolute Gasteiger partial charge is 0.312 e. The first kappa shape index (κ1) is 13.6. The third-order valence-electron chi connectivity index (χ3n) is 3.70. The molecule has 20 heavy (non-hydrogen) atoms. The Hall–Kier alpha value is -1.36. The number of halogens is 1. The van der Waals surface area contributed by atoms with Crippen molar-refractivity contribution < 1.29 is 0 Å². The Labute approximate surface area is 124 Å². The molecule has 1 aromatic heterocycles. The molecule has 1 aromatic carbocycles. The predicted molar refractivity (Wildman–Crippen MR) is 81.8 cm³/mol. The van der Waals surface area contributed by atoms with Crippen LogP contribution in [0.5, 0.6) is 0 Å². The van der Waals surface area contributed by atoms with Gasteiger partial charge in [-0.05, 0) is 24.6 Å². The Balaban J connectivity index is 1.78. The summed E-state index contributed by atoms with van der Waals surface area (Å²) >= 11 is 5.94. The van der Waals surface area contributed by atoms with Crippen molar-refractivity contribution in [3.05, 3.63) is 41.0 Å². The Morgan fingerprint density at radius 2 is 2.15 bits per heavy atom. The number of piperazine rings is 1. The number of benzene rings is 1. The van der Waals surface area contributed by atoms with E-state index in [1.165, 1.54) is 5.56 Å². The second-order valence-corrected chi connectivity index (χ2v) is 5.80. The van der Waals surface area contributed by atoms with Gasteiger partial charge in [-0.1, -0.05) is 23.7 Å². The number of nitrogens with zero attached hydrogens (tertiary/aromatic N) is 2. The molecule has 1 saturated heterocycles. The Bertz CT molecular complexity index is 564. The first-order valence-corrected chi connectivity index (χ1v) is 7.34. The van der Waals surface area contributed by atoms with E-state index in [2.05, 4.69) is 27.3 Å². The lowest BCUT2D eigenvalue weighted by Crippen LogP contribution is -2.48. The third kappa shape index (κ3) is 3.03. The molecule has 1 fully saturated rings. The van der Waals surface area contributed by atoms with Crippen molar-refractivity contribution in [3.63, 3.8) is 0 Å². The van der Waals surface area contributed by atoms with Gasteiger partial charge in [-0.2, -0.15) is 5.10 Å². The molecule has 0 amide bonds. The minimum absolute atomic E-state index is 0.551. The molecular weight excluding hydrogens is 272 g/mol. The second kappa shape index (κ2) is 5.95. The van der Waals surface area contributed by atoms with Gasteiger partial charge in [0.15, 0.2) is 0 Å². The van der Waals surface area contributed by atoms with Gasteiger partial charge in [0, 0.05) is 42.8 Å². The SMILES string of the molecule is C[C@H]1CN(Cc2cn[nH]c2-c2ccc(Cl)cc2)CCN1. The van der Waals surface area contributed by atoms with E-state index < -0.39 is 0 Å². The van der Waals surface area contributed by atoms with Crippen LogP contribution in [0.2, 0.25) is 5.02 Å². The number of hydrogen-bond acceptors (Lipinski definition) is 3. The molecule has 2 heterocycles. The first-order valence-electron chi connectivity index (χ1n) is 6.96. The van der Waals surface area contributed by atoms with Crippen molar-refractivity contribution in [1.29, 1.82) is 0 Å². The average Bonchev–Trinajstić information content (AvgIpc) is 2.88. The molecule has 0 bridgehead atoms. The van der Waals surface area contributed by atoms with Gasteiger partial charge in [0.05, 0.1) is 11.9 Å². The standard InChI is InChI=1S/C15H19ClN4/c1-11-9-20(7-6-17-11)10-13-8-18-19-15(13)12-2-4-14(16)5-3-12/h2-5,8,11,17H,6-7,9-10H2,1H3,(H,18,19)/t11-/m0/s1. The zero-order chi connectivity index (χ0) is 13.9. The molecule has 3 rings (SSSR count). The fourth-order valence-electron chi connectivity index (χ4n) is 2.69. The van der Waals surface area contributed by atoms with Crippen LogP contribution in [0.25, 0.3) is 11.3 Å². The predicted octanol–water partition coefficient (Wildman–Crippen LogP) is 2.52. The molecule has 2 N–H and O–H groups in total. The molecular formula is C15H19ClN4. The van der Waals surface area contributed by atoms with Gasteiger partial charge in [0.2, 0.25) is 0 Å². The Kier molecular flexibility index (Phi) is 4.05. The van der Waals surface area contributed by atoms with Crippen molar-refractivity contribution >= 4 is 11.6 Å². The highest BCUT2D eigenvalue weighted by Crippen LogP contribution is 2.24. The van der Waals surface area contributed by atoms with Crippen LogP contribution in [0.15, 0.2) is 30.5 Å². The molecule has 0 radical (unpaired) electrons. The van der Waals surface area contributed by atoms with Crippen LogP contribution in [-0.4, -0.2) is 40.8 Å². The molecule has 2 aromatic rings. The van der Waals surface area contributed by atoms with Crippen LogP contribution in [0.3, 0.4) is 0 Å². The second-order valence-electron chi connectivity index (χ2n) is 5.37. The maximum absolute atomic E-state index is 5.94. The van der Waals surface area contributed by atoms with Crippen molar-refractivity contribution in [1.82, 2.24) is 20.4 Å². The molecule has 1 aliphatic heterocycles. The minimum Gasteiger partial charge on any atom is -0.312 e. The van der Waals surface area contributed by atoms with E-state index >= 15 is 0 Å². The average molecular weight is 291 g/mol. The van der Waals surface area contributed by atoms with E-state index in [-0.39, 0.29) is 0 Å². The van der Waals surface area contributed by atoms with Gasteiger partial charge >= 0.3 is 0 Å². The quantitative estimate of drug-likeness (QED) is 0.913. The topological polar surface area (TPSA) is 44.0 Å². The van der Waals surface area contributed by atoms with E-state index in [4.69, 9.17) is 11.6 Å². The number of rotatable bonds is 3. The molecule has 0 saturated carbocycles. The summed E-state index contributed by atoms with van der Waals surface area (Å²) in [5.74, 6) is 0. The van der Waals surface area contributed by atoms with E-state index in [0.717, 1.165) is 42.5 Å². The summed E-state index contributed by atoms with van der Waals surface area (Å²) in [5, 5.41) is 11.5. The zero-order valence-corrected chi connectivity index (χ0v) is 12.3. The van der Waals surface area contributed by atoms with Crippen molar-refractivity contribution in [2.45, 2.75) is 19.5 Å². The van der Waals surface area contributed by atoms with Crippen molar-refractivity contribution in [3.8, 4) is 11.3 Å². The number of nitrogens with one attached hydrogen (secondary N) is 2. The molecule has 106 valence electrons. The van der Waals surface area contributed by atoms with Crippen LogP contribution in [0.4, 0.5) is 0 Å². The van der Waals surface area contributed by atoms with Gasteiger partial charge in [0.25, 0.3) is 0 Å². The maximum Gasteiger partial charge on any atom is 0.0695 e. The van der Waals surface area contributed by atoms with Crippen LogP contribution < -0.4 is 5.32 Å². The van der Waals surface area contributed by atoms with E-state index in [1.54, 1.807) is 0 Å². The lowest BCUT2D eigenvalue weighted by Gasteiger charge is -2.31. The van der Waals surface area contributed by atoms with E-state index in [9.17, 15) is 0 Å².